The Balaban J connectivity index is 1.53. The molecule has 7 heteroatoms. The van der Waals surface area contributed by atoms with Crippen molar-refractivity contribution in [3.05, 3.63) is 132 Å². The summed E-state index contributed by atoms with van der Waals surface area (Å²) < 4.78 is 45.2. The summed E-state index contributed by atoms with van der Waals surface area (Å²) in [4.78, 5) is 4.54. The predicted octanol–water partition coefficient (Wildman–Crippen LogP) is 5.61. The lowest BCUT2D eigenvalue weighted by atomic mass is 10.2. The molecule has 0 radical (unpaired) electrons. The van der Waals surface area contributed by atoms with Gasteiger partial charge >= 0.3 is 0 Å². The third kappa shape index (κ3) is 5.01. The van der Waals surface area contributed by atoms with Gasteiger partial charge in [-0.2, -0.15) is 4.31 Å². The van der Waals surface area contributed by atoms with Crippen LogP contribution in [0.3, 0.4) is 0 Å². The van der Waals surface area contributed by atoms with Crippen molar-refractivity contribution >= 4 is 20.9 Å². The van der Waals surface area contributed by atoms with Gasteiger partial charge in [-0.1, -0.05) is 60.7 Å². The van der Waals surface area contributed by atoms with Gasteiger partial charge in [0.05, 0.1) is 12.1 Å². The van der Waals surface area contributed by atoms with E-state index in [-0.39, 0.29) is 23.8 Å². The largest absolute Gasteiger partial charge is 0.346 e. The maximum absolute atomic E-state index is 14.0. The van der Waals surface area contributed by atoms with Crippen LogP contribution < -0.4 is 0 Å². The Bertz CT molecular complexity index is 1560. The number of pyridine rings is 1. The second-order valence-electron chi connectivity index (χ2n) is 8.35. The quantitative estimate of drug-likeness (QED) is 0.287. The van der Waals surface area contributed by atoms with E-state index in [0.29, 0.717) is 12.1 Å². The minimum atomic E-state index is -3.90. The standard InChI is InChI=1S/C28H24FN3O2S/c29-25-13-4-10-23(18-25)19-31-17-7-14-26(31)21-32(20-22-8-2-1-3-9-22)35(33,34)27-15-5-11-24-12-6-16-30-28(24)27/h1-18H,19-21H2. The van der Waals surface area contributed by atoms with Crippen molar-refractivity contribution in [1.29, 1.82) is 0 Å². The molecule has 3 aromatic carbocycles. The first-order valence-electron chi connectivity index (χ1n) is 11.3. The van der Waals surface area contributed by atoms with Gasteiger partial charge in [-0.25, -0.2) is 12.8 Å². The van der Waals surface area contributed by atoms with Crippen molar-refractivity contribution in [3.8, 4) is 0 Å². The monoisotopic (exact) mass is 485 g/mol. The van der Waals surface area contributed by atoms with Crippen molar-refractivity contribution in [1.82, 2.24) is 13.9 Å². The summed E-state index contributed by atoms with van der Waals surface area (Å²) in [6, 6.07) is 28.6. The third-order valence-electron chi connectivity index (χ3n) is 5.92. The fourth-order valence-electron chi connectivity index (χ4n) is 4.20. The number of benzene rings is 3. The number of sulfonamides is 1. The molecule has 176 valence electrons. The molecule has 0 aliphatic rings. The molecule has 0 saturated carbocycles. The predicted molar refractivity (Wildman–Crippen MR) is 135 cm³/mol. The summed E-state index contributed by atoms with van der Waals surface area (Å²) in [5.41, 5.74) is 2.94. The molecular weight excluding hydrogens is 461 g/mol. The van der Waals surface area contributed by atoms with Gasteiger partial charge in [-0.15, -0.1) is 0 Å². The lowest BCUT2D eigenvalue weighted by Gasteiger charge is -2.24. The van der Waals surface area contributed by atoms with E-state index >= 15 is 0 Å². The topological polar surface area (TPSA) is 55.2 Å². The zero-order valence-corrected chi connectivity index (χ0v) is 19.8. The first kappa shape index (κ1) is 23.0. The van der Waals surface area contributed by atoms with Crippen LogP contribution in [-0.2, 0) is 29.7 Å². The summed E-state index contributed by atoms with van der Waals surface area (Å²) in [6.07, 6.45) is 3.49. The number of hydrogen-bond acceptors (Lipinski definition) is 3. The summed E-state index contributed by atoms with van der Waals surface area (Å²) in [7, 11) is -3.90. The molecule has 0 atom stereocenters. The Morgan fingerprint density at radius 1 is 0.800 bits per heavy atom. The minimum absolute atomic E-state index is 0.156. The molecule has 5 aromatic rings. The molecule has 2 heterocycles. The second kappa shape index (κ2) is 9.82. The zero-order valence-electron chi connectivity index (χ0n) is 19.0. The number of hydrogen-bond donors (Lipinski definition) is 0. The molecule has 35 heavy (non-hydrogen) atoms. The van der Waals surface area contributed by atoms with Crippen molar-refractivity contribution in [2.45, 2.75) is 24.5 Å². The van der Waals surface area contributed by atoms with Crippen LogP contribution in [0.5, 0.6) is 0 Å². The van der Waals surface area contributed by atoms with Crippen LogP contribution >= 0.6 is 0 Å². The molecule has 0 bridgehead atoms. The molecule has 0 fully saturated rings. The van der Waals surface area contributed by atoms with Crippen LogP contribution in [0.4, 0.5) is 4.39 Å². The Labute approximate surface area is 204 Å². The van der Waals surface area contributed by atoms with Gasteiger partial charge in [0.1, 0.15) is 10.7 Å². The Morgan fingerprint density at radius 2 is 1.57 bits per heavy atom. The molecule has 0 N–H and O–H groups in total. The van der Waals surface area contributed by atoms with Crippen LogP contribution in [-0.4, -0.2) is 22.3 Å². The molecule has 0 aliphatic carbocycles. The van der Waals surface area contributed by atoms with E-state index in [2.05, 4.69) is 4.98 Å². The van der Waals surface area contributed by atoms with E-state index in [0.717, 1.165) is 22.2 Å². The van der Waals surface area contributed by atoms with E-state index in [1.165, 1.54) is 16.4 Å². The van der Waals surface area contributed by atoms with Crippen molar-refractivity contribution < 1.29 is 12.8 Å². The molecule has 5 nitrogen and oxygen atoms in total. The van der Waals surface area contributed by atoms with Gasteiger partial charge in [0.2, 0.25) is 10.0 Å². The number of halogens is 1. The van der Waals surface area contributed by atoms with Crippen molar-refractivity contribution in [2.75, 3.05) is 0 Å². The SMILES string of the molecule is O=S(=O)(c1cccc2cccnc12)N(Cc1ccccc1)Cc1cccn1Cc1cccc(F)c1. The lowest BCUT2D eigenvalue weighted by molar-refractivity contribution is 0.391. The molecule has 0 spiro atoms. The number of nitrogens with zero attached hydrogens (tertiary/aromatic N) is 3. The van der Waals surface area contributed by atoms with Crippen LogP contribution in [0.25, 0.3) is 10.9 Å². The lowest BCUT2D eigenvalue weighted by Crippen LogP contribution is -2.31. The highest BCUT2D eigenvalue weighted by Gasteiger charge is 2.28. The fourth-order valence-corrected chi connectivity index (χ4v) is 5.76. The first-order valence-corrected chi connectivity index (χ1v) is 12.7. The summed E-state index contributed by atoms with van der Waals surface area (Å²) in [5, 5.41) is 0.766. The van der Waals surface area contributed by atoms with Gasteiger partial charge in [-0.3, -0.25) is 4.98 Å². The highest BCUT2D eigenvalue weighted by atomic mass is 32.2. The van der Waals surface area contributed by atoms with E-state index in [1.807, 2.05) is 71.4 Å². The Morgan fingerprint density at radius 3 is 2.40 bits per heavy atom. The molecule has 0 unspecified atom stereocenters. The minimum Gasteiger partial charge on any atom is -0.346 e. The van der Waals surface area contributed by atoms with E-state index < -0.39 is 10.0 Å². The normalized spacial score (nSPS) is 11.8. The summed E-state index contributed by atoms with van der Waals surface area (Å²) >= 11 is 0. The highest BCUT2D eigenvalue weighted by Crippen LogP contribution is 2.27. The van der Waals surface area contributed by atoms with E-state index in [1.54, 1.807) is 30.5 Å². The molecule has 5 rings (SSSR count). The summed E-state index contributed by atoms with van der Waals surface area (Å²) in [6.45, 7) is 0.801. The van der Waals surface area contributed by atoms with E-state index in [9.17, 15) is 12.8 Å². The van der Waals surface area contributed by atoms with Crippen LogP contribution in [0, 0.1) is 5.82 Å². The van der Waals surface area contributed by atoms with Crippen molar-refractivity contribution in [2.24, 2.45) is 0 Å². The van der Waals surface area contributed by atoms with E-state index in [4.69, 9.17) is 0 Å². The van der Waals surface area contributed by atoms with Gasteiger partial charge in [0.15, 0.2) is 0 Å². The van der Waals surface area contributed by atoms with Gasteiger partial charge in [0, 0.05) is 36.6 Å². The average Bonchev–Trinajstić information content (AvgIpc) is 3.30. The number of para-hydroxylation sites is 1. The Hall–Kier alpha value is -3.81. The smallest absolute Gasteiger partial charge is 0.245 e. The van der Waals surface area contributed by atoms with Gasteiger partial charge in [-0.05, 0) is 47.5 Å². The van der Waals surface area contributed by atoms with Crippen LogP contribution in [0.15, 0.2) is 114 Å². The Kier molecular flexibility index (Phi) is 6.44. The van der Waals surface area contributed by atoms with Gasteiger partial charge < -0.3 is 4.57 Å². The molecule has 0 amide bonds. The fraction of sp³-hybridized carbons (Fsp3) is 0.107. The van der Waals surface area contributed by atoms with Crippen LogP contribution in [0.1, 0.15) is 16.8 Å². The molecule has 2 aromatic heterocycles. The van der Waals surface area contributed by atoms with Gasteiger partial charge in [0.25, 0.3) is 0 Å². The first-order chi connectivity index (χ1) is 17.0. The number of aromatic nitrogens is 2. The molecule has 0 saturated heterocycles. The second-order valence-corrected chi connectivity index (χ2v) is 10.3. The maximum Gasteiger partial charge on any atom is 0.245 e. The number of fused-ring (bicyclic) bond motifs is 1. The number of rotatable bonds is 8. The third-order valence-corrected chi connectivity index (χ3v) is 7.74. The maximum atomic E-state index is 14.0. The molecular formula is C28H24FN3O2S. The average molecular weight is 486 g/mol. The van der Waals surface area contributed by atoms with Crippen LogP contribution in [0.2, 0.25) is 0 Å². The molecule has 0 aliphatic heterocycles. The zero-order chi connectivity index (χ0) is 24.3. The summed E-state index contributed by atoms with van der Waals surface area (Å²) in [5.74, 6) is -0.298. The van der Waals surface area contributed by atoms with Crippen molar-refractivity contribution in [3.63, 3.8) is 0 Å². The highest BCUT2D eigenvalue weighted by molar-refractivity contribution is 7.89.